The van der Waals surface area contributed by atoms with Gasteiger partial charge in [0.2, 0.25) is 0 Å². The molecule has 1 saturated heterocycles. The fourth-order valence-electron chi connectivity index (χ4n) is 6.20. The summed E-state index contributed by atoms with van der Waals surface area (Å²) in [6.45, 7) is 12.5. The lowest BCUT2D eigenvalue weighted by molar-refractivity contribution is -0.205. The van der Waals surface area contributed by atoms with Crippen molar-refractivity contribution in [2.45, 2.75) is 117 Å². The summed E-state index contributed by atoms with van der Waals surface area (Å²) >= 11 is 5.60. The fraction of sp³-hybridized carbons (Fsp3) is 0.893. The zero-order valence-electron chi connectivity index (χ0n) is 23.0. The molecule has 6 atom stereocenters. The van der Waals surface area contributed by atoms with Gasteiger partial charge in [-0.15, -0.1) is 11.6 Å². The first-order chi connectivity index (χ1) is 16.8. The minimum absolute atomic E-state index is 0.0166. The number of alkyl halides is 1. The molecule has 8 heteroatoms. The molecule has 1 aliphatic carbocycles. The van der Waals surface area contributed by atoms with E-state index in [0.717, 1.165) is 25.7 Å². The zero-order valence-corrected chi connectivity index (χ0v) is 23.8. The predicted molar refractivity (Wildman–Crippen MR) is 139 cm³/mol. The summed E-state index contributed by atoms with van der Waals surface area (Å²) in [6.07, 6.45) is 6.28. The molecule has 1 spiro atoms. The molecule has 0 radical (unpaired) electrons. The number of carboxylic acids is 1. The van der Waals surface area contributed by atoms with Gasteiger partial charge >= 0.3 is 17.9 Å². The van der Waals surface area contributed by atoms with Gasteiger partial charge in [0.1, 0.15) is 12.0 Å². The first-order valence-electron chi connectivity index (χ1n) is 13.6. The van der Waals surface area contributed by atoms with Crippen molar-refractivity contribution in [2.24, 2.45) is 29.1 Å². The lowest BCUT2D eigenvalue weighted by Crippen LogP contribution is -2.53. The van der Waals surface area contributed by atoms with E-state index >= 15 is 0 Å². The van der Waals surface area contributed by atoms with Crippen LogP contribution in [-0.4, -0.2) is 53.3 Å². The smallest absolute Gasteiger partial charge is 0.320 e. The third kappa shape index (κ3) is 8.90. The maximum absolute atomic E-state index is 12.8. The molecule has 7 nitrogen and oxygen atoms in total. The number of hydrogen-bond donors (Lipinski definition) is 1. The van der Waals surface area contributed by atoms with Crippen LogP contribution in [-0.2, 0) is 28.6 Å². The Hall–Kier alpha value is -1.34. The Balaban J connectivity index is 2.19. The zero-order chi connectivity index (χ0) is 27.1. The van der Waals surface area contributed by atoms with E-state index in [4.69, 9.17) is 30.9 Å². The van der Waals surface area contributed by atoms with Crippen molar-refractivity contribution < 1.29 is 33.7 Å². The molecule has 2 fully saturated rings. The Labute approximate surface area is 222 Å². The van der Waals surface area contributed by atoms with Crippen molar-refractivity contribution in [3.8, 4) is 0 Å². The second-order valence-corrected chi connectivity index (χ2v) is 12.6. The third-order valence-corrected chi connectivity index (χ3v) is 8.27. The quantitative estimate of drug-likeness (QED) is 0.244. The van der Waals surface area contributed by atoms with Crippen LogP contribution in [0, 0.1) is 29.1 Å². The van der Waals surface area contributed by atoms with Crippen LogP contribution in [0.25, 0.3) is 0 Å². The topological polar surface area (TPSA) is 99.1 Å². The summed E-state index contributed by atoms with van der Waals surface area (Å²) in [7, 11) is 0. The number of carboxylic acid groups (broad SMARTS) is 1. The van der Waals surface area contributed by atoms with Crippen molar-refractivity contribution in [3.63, 3.8) is 0 Å². The highest BCUT2D eigenvalue weighted by atomic mass is 35.5. The molecule has 0 aromatic heterocycles. The van der Waals surface area contributed by atoms with Gasteiger partial charge in [-0.3, -0.25) is 14.4 Å². The number of ether oxygens (including phenoxy) is 3. The second kappa shape index (κ2) is 13.5. The van der Waals surface area contributed by atoms with Gasteiger partial charge in [-0.05, 0) is 55.8 Å². The van der Waals surface area contributed by atoms with Crippen LogP contribution < -0.4 is 0 Å². The number of carbonyl (C=O) groups excluding carboxylic acids is 2. The van der Waals surface area contributed by atoms with E-state index in [1.807, 2.05) is 13.8 Å². The number of esters is 2. The van der Waals surface area contributed by atoms with Gasteiger partial charge in [0.15, 0.2) is 0 Å². The maximum atomic E-state index is 12.8. The lowest BCUT2D eigenvalue weighted by atomic mass is 9.64. The highest BCUT2D eigenvalue weighted by molar-refractivity contribution is 6.26. The SMILES string of the molecule is CC(C)[C@@H]1CC[C@@H](C)CC12CCC[C@@H](C[C@H](OC(=O)C[C@@H](C)CC(=O)O)C(C)(C)COC(=O)CCl)O2. The van der Waals surface area contributed by atoms with Crippen LogP contribution in [0.3, 0.4) is 0 Å². The standard InChI is InChI=1S/C28H47ClO7/c1-18(2)22-10-9-19(3)15-28(22)11-7-8-21(36-28)14-23(27(5,6)17-34-26(33)16-29)35-25(32)13-20(4)12-24(30)31/h18-23H,7-17H2,1-6H3,(H,30,31)/t19-,20+,21+,22+,23+,28?/m1/s1. The summed E-state index contributed by atoms with van der Waals surface area (Å²) in [6, 6.07) is 0. The fourth-order valence-corrected chi connectivity index (χ4v) is 6.28. The van der Waals surface area contributed by atoms with Crippen LogP contribution in [0.5, 0.6) is 0 Å². The first-order valence-corrected chi connectivity index (χ1v) is 14.1. The molecule has 0 bridgehead atoms. The molecular formula is C28H47ClO7. The van der Waals surface area contributed by atoms with Crippen LogP contribution in [0.2, 0.25) is 0 Å². The van der Waals surface area contributed by atoms with Gasteiger partial charge in [0, 0.05) is 24.7 Å². The molecule has 2 rings (SSSR count). The van der Waals surface area contributed by atoms with Crippen molar-refractivity contribution in [2.75, 3.05) is 12.5 Å². The minimum Gasteiger partial charge on any atom is -0.481 e. The van der Waals surface area contributed by atoms with E-state index in [9.17, 15) is 14.4 Å². The number of hydrogen-bond acceptors (Lipinski definition) is 6. The van der Waals surface area contributed by atoms with E-state index in [0.29, 0.717) is 24.2 Å². The summed E-state index contributed by atoms with van der Waals surface area (Å²) in [5.74, 6) is -0.819. The molecule has 1 N–H and O–H groups in total. The first kappa shape index (κ1) is 30.9. The van der Waals surface area contributed by atoms with Crippen LogP contribution in [0.15, 0.2) is 0 Å². The molecule has 2 aliphatic rings. The summed E-state index contributed by atoms with van der Waals surface area (Å²) < 4.78 is 18.3. The second-order valence-electron chi connectivity index (χ2n) is 12.3. The molecule has 36 heavy (non-hydrogen) atoms. The monoisotopic (exact) mass is 530 g/mol. The van der Waals surface area contributed by atoms with Crippen molar-refractivity contribution >= 4 is 29.5 Å². The predicted octanol–water partition coefficient (Wildman–Crippen LogP) is 6.00. The molecule has 1 aliphatic heterocycles. The molecule has 208 valence electrons. The Bertz CT molecular complexity index is 752. The third-order valence-electron chi connectivity index (χ3n) is 8.05. The summed E-state index contributed by atoms with van der Waals surface area (Å²) in [5, 5.41) is 9.04. The van der Waals surface area contributed by atoms with Crippen LogP contribution in [0.4, 0.5) is 0 Å². The lowest BCUT2D eigenvalue weighted by Gasteiger charge is -2.52. The van der Waals surface area contributed by atoms with Gasteiger partial charge in [-0.2, -0.15) is 0 Å². The number of halogens is 1. The summed E-state index contributed by atoms with van der Waals surface area (Å²) in [4.78, 5) is 35.6. The molecule has 0 aromatic carbocycles. The number of aliphatic carboxylic acids is 1. The number of rotatable bonds is 12. The molecule has 1 saturated carbocycles. The van der Waals surface area contributed by atoms with Gasteiger partial charge in [0.05, 0.1) is 18.3 Å². The van der Waals surface area contributed by atoms with E-state index in [1.54, 1.807) is 6.92 Å². The van der Waals surface area contributed by atoms with Gasteiger partial charge < -0.3 is 19.3 Å². The van der Waals surface area contributed by atoms with E-state index < -0.39 is 29.4 Å². The molecule has 0 amide bonds. The summed E-state index contributed by atoms with van der Waals surface area (Å²) in [5.41, 5.74) is -0.812. The van der Waals surface area contributed by atoms with Crippen molar-refractivity contribution in [3.05, 3.63) is 0 Å². The van der Waals surface area contributed by atoms with Crippen LogP contribution in [0.1, 0.15) is 99.3 Å². The Morgan fingerprint density at radius 2 is 1.81 bits per heavy atom. The largest absolute Gasteiger partial charge is 0.481 e. The van der Waals surface area contributed by atoms with Gasteiger partial charge in [-0.1, -0.05) is 48.0 Å². The van der Waals surface area contributed by atoms with E-state index in [-0.39, 0.29) is 43.0 Å². The van der Waals surface area contributed by atoms with Gasteiger partial charge in [0.25, 0.3) is 0 Å². The Kier molecular flexibility index (Phi) is 11.5. The molecule has 1 unspecified atom stereocenters. The molecule has 0 aromatic rings. The van der Waals surface area contributed by atoms with Gasteiger partial charge in [-0.25, -0.2) is 0 Å². The van der Waals surface area contributed by atoms with Crippen molar-refractivity contribution in [1.29, 1.82) is 0 Å². The average Bonchev–Trinajstić information content (AvgIpc) is 2.76. The molecular weight excluding hydrogens is 484 g/mol. The minimum atomic E-state index is -0.942. The molecule has 1 heterocycles. The Morgan fingerprint density at radius 3 is 2.42 bits per heavy atom. The highest BCUT2D eigenvalue weighted by Crippen LogP contribution is 2.50. The van der Waals surface area contributed by atoms with E-state index in [2.05, 4.69) is 20.8 Å². The van der Waals surface area contributed by atoms with E-state index in [1.165, 1.54) is 12.8 Å². The average molecular weight is 531 g/mol. The maximum Gasteiger partial charge on any atom is 0.320 e. The normalized spacial score (nSPS) is 28.5. The van der Waals surface area contributed by atoms with Crippen molar-refractivity contribution in [1.82, 2.24) is 0 Å². The van der Waals surface area contributed by atoms with Crippen LogP contribution >= 0.6 is 11.6 Å². The Morgan fingerprint density at radius 1 is 1.11 bits per heavy atom. The highest BCUT2D eigenvalue weighted by Gasteiger charge is 2.49. The number of carbonyl (C=O) groups is 3.